The summed E-state index contributed by atoms with van der Waals surface area (Å²) in [5.74, 6) is -0.613. The number of primary amides is 1. The van der Waals surface area contributed by atoms with Crippen LogP contribution in [0.5, 0.6) is 0 Å². The van der Waals surface area contributed by atoms with E-state index in [9.17, 15) is 9.90 Å². The summed E-state index contributed by atoms with van der Waals surface area (Å²) in [7, 11) is 0. The summed E-state index contributed by atoms with van der Waals surface area (Å²) in [5, 5.41) is 13.7. The molecule has 0 bridgehead atoms. The molecule has 6 heteroatoms. The fraction of sp³-hybridized carbons (Fsp3) is 0.235. The van der Waals surface area contributed by atoms with Gasteiger partial charge in [0.2, 0.25) is 5.91 Å². The monoisotopic (exact) mass is 352 g/mol. The molecule has 2 atom stereocenters. The number of aliphatic hydroxyl groups excluding tert-OH is 1. The van der Waals surface area contributed by atoms with E-state index in [1.54, 1.807) is 31.2 Å². The number of aliphatic hydroxyl groups is 1. The molecule has 0 fully saturated rings. The second-order valence-electron chi connectivity index (χ2n) is 5.38. The van der Waals surface area contributed by atoms with Gasteiger partial charge < -0.3 is 16.2 Å². The molecule has 0 spiro atoms. The lowest BCUT2D eigenvalue weighted by atomic mass is 10.0. The third-order valence-corrected chi connectivity index (χ3v) is 4.19. The fourth-order valence-corrected chi connectivity index (χ4v) is 3.00. The molecule has 0 aliphatic rings. The molecule has 0 aliphatic heterocycles. The van der Waals surface area contributed by atoms with Crippen molar-refractivity contribution in [1.29, 1.82) is 0 Å². The van der Waals surface area contributed by atoms with E-state index in [-0.39, 0.29) is 0 Å². The zero-order valence-corrected chi connectivity index (χ0v) is 14.3. The molecule has 122 valence electrons. The van der Waals surface area contributed by atoms with Crippen LogP contribution in [0.4, 0.5) is 5.69 Å². The van der Waals surface area contributed by atoms with E-state index < -0.39 is 18.1 Å². The number of hydrogen-bond donors (Lipinski definition) is 3. The number of anilines is 1. The highest BCUT2D eigenvalue weighted by Gasteiger charge is 2.24. The summed E-state index contributed by atoms with van der Waals surface area (Å²) in [6.45, 7) is 3.57. The molecular formula is C17H18Cl2N2O2. The minimum absolute atomic E-state index is 0.347. The van der Waals surface area contributed by atoms with Crippen molar-refractivity contribution in [2.75, 3.05) is 5.32 Å². The highest BCUT2D eigenvalue weighted by molar-refractivity contribution is 6.36. The maximum absolute atomic E-state index is 12.0. The minimum atomic E-state index is -0.907. The Morgan fingerprint density at radius 2 is 1.83 bits per heavy atom. The predicted octanol–water partition coefficient (Wildman–Crippen LogP) is 3.99. The first-order valence-corrected chi connectivity index (χ1v) is 7.85. The lowest BCUT2D eigenvalue weighted by Crippen LogP contribution is -2.28. The molecule has 23 heavy (non-hydrogen) atoms. The second-order valence-corrected chi connectivity index (χ2v) is 6.20. The zero-order chi connectivity index (χ0) is 17.1. The maximum Gasteiger partial charge on any atom is 0.244 e. The molecule has 0 aromatic heterocycles. The Morgan fingerprint density at radius 1 is 1.22 bits per heavy atom. The van der Waals surface area contributed by atoms with Crippen LogP contribution < -0.4 is 11.1 Å². The quantitative estimate of drug-likeness (QED) is 0.761. The largest absolute Gasteiger partial charge is 0.389 e. The van der Waals surface area contributed by atoms with E-state index in [0.29, 0.717) is 26.9 Å². The molecule has 1 unspecified atom stereocenters. The summed E-state index contributed by atoms with van der Waals surface area (Å²) in [5.41, 5.74) is 8.20. The number of rotatable bonds is 5. The van der Waals surface area contributed by atoms with E-state index >= 15 is 0 Å². The third-order valence-electron chi connectivity index (χ3n) is 3.53. The topological polar surface area (TPSA) is 75.3 Å². The second kappa shape index (κ2) is 7.21. The van der Waals surface area contributed by atoms with E-state index in [0.717, 1.165) is 5.56 Å². The van der Waals surface area contributed by atoms with Gasteiger partial charge >= 0.3 is 0 Å². The maximum atomic E-state index is 12.0. The van der Waals surface area contributed by atoms with Gasteiger partial charge in [0.05, 0.1) is 6.10 Å². The van der Waals surface area contributed by atoms with Crippen molar-refractivity contribution < 1.29 is 9.90 Å². The molecule has 4 nitrogen and oxygen atoms in total. The predicted molar refractivity (Wildman–Crippen MR) is 93.8 cm³/mol. The number of hydrogen-bond acceptors (Lipinski definition) is 3. The molecule has 4 N–H and O–H groups in total. The first kappa shape index (κ1) is 17.6. The van der Waals surface area contributed by atoms with Crippen molar-refractivity contribution in [2.24, 2.45) is 5.73 Å². The van der Waals surface area contributed by atoms with Gasteiger partial charge in [-0.2, -0.15) is 0 Å². The van der Waals surface area contributed by atoms with Gasteiger partial charge in [-0.15, -0.1) is 0 Å². The number of carbonyl (C=O) groups excluding carboxylic acids is 1. The van der Waals surface area contributed by atoms with Crippen LogP contribution in [0, 0.1) is 6.92 Å². The SMILES string of the molecule is Cc1ccc(C(C)O)c(N[C@H](C(N)=O)c2c(Cl)cccc2Cl)c1. The first-order valence-electron chi connectivity index (χ1n) is 7.09. The number of nitrogens with two attached hydrogens (primary N) is 1. The van der Waals surface area contributed by atoms with E-state index in [2.05, 4.69) is 5.32 Å². The summed E-state index contributed by atoms with van der Waals surface area (Å²) in [6.07, 6.45) is -0.701. The molecular weight excluding hydrogens is 335 g/mol. The van der Waals surface area contributed by atoms with Crippen molar-refractivity contribution >= 4 is 34.8 Å². The van der Waals surface area contributed by atoms with Crippen LogP contribution in [0.2, 0.25) is 10.0 Å². The molecule has 0 saturated carbocycles. The summed E-state index contributed by atoms with van der Waals surface area (Å²) < 4.78 is 0. The van der Waals surface area contributed by atoms with E-state index in [4.69, 9.17) is 28.9 Å². The first-order chi connectivity index (χ1) is 10.8. The van der Waals surface area contributed by atoms with Gasteiger partial charge in [-0.3, -0.25) is 4.79 Å². The molecule has 0 aliphatic carbocycles. The minimum Gasteiger partial charge on any atom is -0.389 e. The Hall–Kier alpha value is -1.75. The van der Waals surface area contributed by atoms with Crippen LogP contribution in [0.15, 0.2) is 36.4 Å². The van der Waals surface area contributed by atoms with E-state index in [1.165, 1.54) is 0 Å². The van der Waals surface area contributed by atoms with E-state index in [1.807, 2.05) is 19.1 Å². The Labute approximate surface area is 145 Å². The van der Waals surface area contributed by atoms with Crippen molar-refractivity contribution in [3.63, 3.8) is 0 Å². The number of nitrogens with one attached hydrogen (secondary N) is 1. The summed E-state index contributed by atoms with van der Waals surface area (Å²) >= 11 is 12.4. The summed E-state index contributed by atoms with van der Waals surface area (Å²) in [4.78, 5) is 12.0. The third kappa shape index (κ3) is 3.96. The van der Waals surface area contributed by atoms with Crippen LogP contribution in [0.1, 0.15) is 35.8 Å². The van der Waals surface area contributed by atoms with Gasteiger partial charge in [-0.1, -0.05) is 41.4 Å². The lowest BCUT2D eigenvalue weighted by Gasteiger charge is -2.22. The molecule has 0 saturated heterocycles. The fourth-order valence-electron chi connectivity index (χ4n) is 2.39. The Kier molecular flexibility index (Phi) is 5.52. The molecule has 2 aromatic carbocycles. The highest BCUT2D eigenvalue weighted by Crippen LogP contribution is 2.34. The van der Waals surface area contributed by atoms with Crippen molar-refractivity contribution in [2.45, 2.75) is 26.0 Å². The number of benzene rings is 2. The zero-order valence-electron chi connectivity index (χ0n) is 12.8. The molecule has 2 rings (SSSR count). The smallest absolute Gasteiger partial charge is 0.244 e. The molecule has 0 radical (unpaired) electrons. The van der Waals surface area contributed by atoms with Crippen molar-refractivity contribution in [1.82, 2.24) is 0 Å². The molecule has 1 amide bonds. The van der Waals surface area contributed by atoms with Crippen molar-refractivity contribution in [3.05, 3.63) is 63.1 Å². The van der Waals surface area contributed by atoms with Gasteiger partial charge in [-0.25, -0.2) is 0 Å². The normalized spacial score (nSPS) is 13.4. The number of halogens is 2. The van der Waals surface area contributed by atoms with Crippen molar-refractivity contribution in [3.8, 4) is 0 Å². The van der Waals surface area contributed by atoms with Gasteiger partial charge in [-0.05, 0) is 37.6 Å². The summed E-state index contributed by atoms with van der Waals surface area (Å²) in [6, 6.07) is 9.60. The van der Waals surface area contributed by atoms with Crippen LogP contribution >= 0.6 is 23.2 Å². The average Bonchev–Trinajstić information content (AvgIpc) is 2.45. The lowest BCUT2D eigenvalue weighted by molar-refractivity contribution is -0.118. The van der Waals surface area contributed by atoms with Crippen LogP contribution in [-0.2, 0) is 4.79 Å². The van der Waals surface area contributed by atoms with Gasteiger partial charge in [0.15, 0.2) is 0 Å². The van der Waals surface area contributed by atoms with Crippen LogP contribution in [0.3, 0.4) is 0 Å². The van der Waals surface area contributed by atoms with Gasteiger partial charge in [0.25, 0.3) is 0 Å². The number of aryl methyl sites for hydroxylation is 1. The number of carbonyl (C=O) groups is 1. The average molecular weight is 353 g/mol. The van der Waals surface area contributed by atoms with Crippen LogP contribution in [-0.4, -0.2) is 11.0 Å². The van der Waals surface area contributed by atoms with Gasteiger partial charge in [0, 0.05) is 26.9 Å². The standard InChI is InChI=1S/C17H18Cl2N2O2/c1-9-6-7-11(10(2)22)14(8-9)21-16(17(20)23)15-12(18)4-3-5-13(15)19/h3-8,10,16,21-22H,1-2H3,(H2,20,23)/t10?,16-/m0/s1. The van der Waals surface area contributed by atoms with Crippen LogP contribution in [0.25, 0.3) is 0 Å². The Balaban J connectivity index is 2.50. The molecule has 2 aromatic rings. The van der Waals surface area contributed by atoms with Gasteiger partial charge in [0.1, 0.15) is 6.04 Å². The number of amides is 1. The molecule has 0 heterocycles. The Morgan fingerprint density at radius 3 is 2.35 bits per heavy atom. The Bertz CT molecular complexity index is 712. The highest BCUT2D eigenvalue weighted by atomic mass is 35.5.